The monoisotopic (exact) mass is 1510 g/mol. The maximum Gasteiger partial charge on any atom is 0.410 e. The number of hydrogen-bond acceptors (Lipinski definition) is 20. The molecule has 2 aromatic carbocycles. The molecule has 12 N–H and O–H groups in total. The van der Waals surface area contributed by atoms with Gasteiger partial charge in [-0.15, -0.1) is 0 Å². The van der Waals surface area contributed by atoms with Crippen molar-refractivity contribution < 1.29 is 91.0 Å². The van der Waals surface area contributed by atoms with Crippen LogP contribution in [0.5, 0.6) is 0 Å². The van der Waals surface area contributed by atoms with Crippen molar-refractivity contribution in [3.63, 3.8) is 0 Å². The molecule has 1 aliphatic heterocycles. The average molecular weight is 1510 g/mol. The van der Waals surface area contributed by atoms with Gasteiger partial charge in [0.15, 0.2) is 0 Å². The highest BCUT2D eigenvalue weighted by Gasteiger charge is 2.44. The number of aliphatic hydroxyl groups excluding tert-OH is 1. The fourth-order valence-corrected chi connectivity index (χ4v) is 12.7. The van der Waals surface area contributed by atoms with Crippen LogP contribution in [0.25, 0.3) is 0 Å². The number of carbonyl (C=O) groups excluding carboxylic acids is 11. The van der Waals surface area contributed by atoms with Gasteiger partial charge in [-0.25, -0.2) is 9.59 Å². The van der Waals surface area contributed by atoms with E-state index in [2.05, 4.69) is 37.2 Å². The summed E-state index contributed by atoms with van der Waals surface area (Å²) in [4.78, 5) is 155. The normalized spacial score (nSPS) is 16.1. The molecule has 31 heteroatoms. The Morgan fingerprint density at radius 3 is 1.82 bits per heavy atom. The van der Waals surface area contributed by atoms with Crippen LogP contribution in [0.15, 0.2) is 48.5 Å². The lowest BCUT2D eigenvalue weighted by atomic mass is 9.89. The molecular weight excluding hydrogens is 1380 g/mol. The SMILES string of the molecule is CC[C@H](C)[C@@H]([C@@H](CC(=O)N1CCC[C@H]1[C@H](OC)[C@@H](C)C(=O)N[C@H](C)[C@@H](O)c1ccccc1)OC)N(C)C(=O)[C@@H](NC(=O)[C@H](C(C)C)N(C)C(=O)OCc1ccc(NC(=O)[C@H](CCCNC(N)=O)NC(=O)[C@@H](NC(=O)CCOCCOCCOCCOCCC(=O)C(C)C)C(C)C)cc1C(=O)NCCN)C(C)C. The highest BCUT2D eigenvalue weighted by atomic mass is 16.6. The van der Waals surface area contributed by atoms with E-state index in [4.69, 9.17) is 44.6 Å². The molecule has 0 spiro atoms. The van der Waals surface area contributed by atoms with Crippen molar-refractivity contribution in [2.45, 2.75) is 202 Å². The molecule has 604 valence electrons. The summed E-state index contributed by atoms with van der Waals surface area (Å²) in [6.07, 6.45) is -1.26. The van der Waals surface area contributed by atoms with Crippen molar-refractivity contribution in [3.05, 3.63) is 65.2 Å². The van der Waals surface area contributed by atoms with E-state index in [1.54, 1.807) is 79.5 Å². The number of methoxy groups -OCH3 is 2. The molecule has 1 heterocycles. The number of aliphatic hydroxyl groups is 1. The first-order valence-corrected chi connectivity index (χ1v) is 37.5. The van der Waals surface area contributed by atoms with Gasteiger partial charge in [-0.1, -0.05) is 119 Å². The van der Waals surface area contributed by atoms with Gasteiger partial charge in [-0.05, 0) is 74.0 Å². The number of ketones is 1. The minimum atomic E-state index is -1.25. The van der Waals surface area contributed by atoms with E-state index in [0.29, 0.717) is 70.8 Å². The van der Waals surface area contributed by atoms with Gasteiger partial charge < -0.3 is 96.7 Å². The van der Waals surface area contributed by atoms with Crippen molar-refractivity contribution in [2.24, 2.45) is 47.0 Å². The zero-order valence-corrected chi connectivity index (χ0v) is 66.0. The first-order chi connectivity index (χ1) is 50.8. The zero-order chi connectivity index (χ0) is 80.0. The Hall–Kier alpha value is -7.91. The number of nitrogens with one attached hydrogen (secondary N) is 7. The number of nitrogens with two attached hydrogens (primary N) is 2. The number of ether oxygens (including phenoxy) is 7. The molecule has 2 aromatic rings. The topological polar surface area (TPSA) is 419 Å². The van der Waals surface area contributed by atoms with E-state index >= 15 is 0 Å². The highest BCUT2D eigenvalue weighted by molar-refractivity contribution is 6.01. The number of urea groups is 1. The molecule has 0 bridgehead atoms. The van der Waals surface area contributed by atoms with Gasteiger partial charge in [0, 0.05) is 90.1 Å². The molecule has 0 aromatic heterocycles. The van der Waals surface area contributed by atoms with E-state index in [-0.39, 0.29) is 111 Å². The first kappa shape index (κ1) is 93.3. The largest absolute Gasteiger partial charge is 0.445 e. The standard InChI is InChI=1S/C76H126N12O19/c1-17-50(10)66(60(101-15)44-62(91)88-34-22-26-58(88)68(102-16)51(11)69(93)81-52(12)67(92)53-23-19-18-20-24-53)86(13)74(98)64(48(6)7)85-73(97)65(49(8)9)87(14)76(100)107-45-54-27-28-55(43-56(54)70(94)79-33-31-77)82-71(95)57(25-21-32-80-75(78)99)83-72(96)63(47(4)5)84-61(90)30-36-104-38-40-106-42-41-105-39-37-103-35-29-59(89)46(2)3/h18-20,23-24,27-28,43,46-52,57-58,60,63-68,92H,17,21-22,25-26,29-42,44-45,77H2,1-16H3,(H,79,94)(H,81,93)(H,82,95)(H,83,96)(H,84,90)(H,85,97)(H3,78,80,99)/t50-,51+,52+,57-,58-,60+,63-,64-,65-,66-,67+,68+/m0/s1. The maximum atomic E-state index is 14.9. The van der Waals surface area contributed by atoms with Crippen LogP contribution in [-0.2, 0) is 78.1 Å². The maximum absolute atomic E-state index is 14.9. The summed E-state index contributed by atoms with van der Waals surface area (Å²) in [6, 6.07) is 6.09. The third-order valence-electron chi connectivity index (χ3n) is 19.1. The van der Waals surface area contributed by atoms with Crippen molar-refractivity contribution in [1.29, 1.82) is 0 Å². The minimum absolute atomic E-state index is 0.00868. The molecular formula is C76H126N12O19. The number of benzene rings is 2. The van der Waals surface area contributed by atoms with Crippen LogP contribution >= 0.6 is 0 Å². The Balaban J connectivity index is 1.73. The molecule has 0 aliphatic carbocycles. The molecule has 31 nitrogen and oxygen atoms in total. The Bertz CT molecular complexity index is 3110. The Morgan fingerprint density at radius 2 is 1.27 bits per heavy atom. The van der Waals surface area contributed by atoms with Crippen molar-refractivity contribution in [2.75, 3.05) is 113 Å². The Kier molecular flexibility index (Phi) is 42.9. The second kappa shape index (κ2) is 49.2. The quantitative estimate of drug-likeness (QED) is 0.0411. The fraction of sp³-hybridized carbons (Fsp3) is 0.697. The molecule has 3 rings (SSSR count). The second-order valence-electron chi connectivity index (χ2n) is 28.6. The number of carbonyl (C=O) groups is 11. The average Bonchev–Trinajstić information content (AvgIpc) is 1.74. The van der Waals surface area contributed by atoms with E-state index < -0.39 is 138 Å². The molecule has 0 saturated carbocycles. The minimum Gasteiger partial charge on any atom is -0.445 e. The van der Waals surface area contributed by atoms with E-state index in [1.807, 2.05) is 45.9 Å². The number of hydrogen-bond donors (Lipinski definition) is 10. The first-order valence-electron chi connectivity index (χ1n) is 37.5. The van der Waals surface area contributed by atoms with Crippen molar-refractivity contribution in [3.8, 4) is 0 Å². The fourth-order valence-electron chi connectivity index (χ4n) is 12.7. The van der Waals surface area contributed by atoms with E-state index in [0.717, 1.165) is 4.90 Å². The Morgan fingerprint density at radius 1 is 0.664 bits per heavy atom. The van der Waals surface area contributed by atoms with Crippen LogP contribution in [0.3, 0.4) is 0 Å². The summed E-state index contributed by atoms with van der Waals surface area (Å²) in [6.45, 7) is 23.7. The van der Waals surface area contributed by atoms with Crippen LogP contribution in [-0.4, -0.2) is 247 Å². The van der Waals surface area contributed by atoms with Crippen molar-refractivity contribution in [1.82, 2.24) is 46.6 Å². The van der Waals surface area contributed by atoms with Crippen LogP contribution in [0, 0.1) is 35.5 Å². The Labute approximate surface area is 632 Å². The number of anilines is 1. The lowest BCUT2D eigenvalue weighted by Gasteiger charge is -2.41. The number of likely N-dealkylation sites (tertiary alicyclic amines) is 1. The zero-order valence-electron chi connectivity index (χ0n) is 66.0. The number of rotatable bonds is 51. The molecule has 107 heavy (non-hydrogen) atoms. The molecule has 12 atom stereocenters. The highest BCUT2D eigenvalue weighted by Crippen LogP contribution is 2.31. The number of amides is 11. The van der Waals surface area contributed by atoms with Gasteiger partial charge in [-0.3, -0.25) is 48.1 Å². The molecule has 1 fully saturated rings. The third-order valence-corrected chi connectivity index (χ3v) is 19.1. The number of likely N-dealkylation sites (N-methyl/N-ethyl adjacent to an activating group) is 2. The van der Waals surface area contributed by atoms with Crippen LogP contribution in [0.1, 0.15) is 162 Å². The number of primary amides is 1. The van der Waals surface area contributed by atoms with Gasteiger partial charge in [0.25, 0.3) is 5.91 Å². The molecule has 1 aliphatic rings. The predicted octanol–water partition coefficient (Wildman–Crippen LogP) is 4.35. The van der Waals surface area contributed by atoms with Crippen molar-refractivity contribution >= 4 is 70.9 Å². The molecule has 0 unspecified atom stereocenters. The number of Topliss-reactive ketones (excluding diaryl/α,β-unsaturated/α-hetero) is 1. The summed E-state index contributed by atoms with van der Waals surface area (Å²) >= 11 is 0. The molecule has 0 radical (unpaired) electrons. The third kappa shape index (κ3) is 31.3. The van der Waals surface area contributed by atoms with Crippen LogP contribution in [0.4, 0.5) is 15.3 Å². The van der Waals surface area contributed by atoms with Gasteiger partial charge in [-0.2, -0.15) is 0 Å². The second-order valence-corrected chi connectivity index (χ2v) is 28.6. The van der Waals surface area contributed by atoms with Gasteiger partial charge in [0.05, 0.1) is 102 Å². The molecule has 1 saturated heterocycles. The van der Waals surface area contributed by atoms with Gasteiger partial charge in [0.2, 0.25) is 41.4 Å². The summed E-state index contributed by atoms with van der Waals surface area (Å²) in [5.74, 6) is -6.49. The summed E-state index contributed by atoms with van der Waals surface area (Å²) in [7, 11) is 5.98. The van der Waals surface area contributed by atoms with Gasteiger partial charge >= 0.3 is 12.1 Å². The van der Waals surface area contributed by atoms with Gasteiger partial charge in [0.1, 0.15) is 36.6 Å². The van der Waals surface area contributed by atoms with E-state index in [1.165, 1.54) is 44.4 Å². The predicted molar refractivity (Wildman–Crippen MR) is 403 cm³/mol. The van der Waals surface area contributed by atoms with Crippen LogP contribution < -0.4 is 48.7 Å². The summed E-state index contributed by atoms with van der Waals surface area (Å²) in [5.41, 5.74) is 12.0. The van der Waals surface area contributed by atoms with E-state index in [9.17, 15) is 57.8 Å². The smallest absolute Gasteiger partial charge is 0.410 e. The summed E-state index contributed by atoms with van der Waals surface area (Å²) < 4.78 is 39.9. The molecule has 11 amide bonds. The van der Waals surface area contributed by atoms with Crippen LogP contribution in [0.2, 0.25) is 0 Å². The summed E-state index contributed by atoms with van der Waals surface area (Å²) in [5, 5.41) is 30.2. The number of nitrogens with zero attached hydrogens (tertiary/aromatic N) is 3. The lowest BCUT2D eigenvalue weighted by molar-refractivity contribution is -0.148. The lowest BCUT2D eigenvalue weighted by Crippen LogP contribution is -2.60.